The van der Waals surface area contributed by atoms with Gasteiger partial charge in [-0.1, -0.05) is 0 Å². The number of piperidine rings is 1. The average molecular weight is 444 g/mol. The largest absolute Gasteiger partial charge is 0.365 e. The second-order valence-corrected chi connectivity index (χ2v) is 11.2. The standard InChI is InChI=1S/C21H25N5O2S2/c1-30(27,28)26-11-5-7-15(13-26)23-20-18-16-8-2-3-9-17(16)29-21(18)25-19(24-20)14-6-4-10-22-12-14/h4,6,10,12,15H,2-3,5,7-9,11,13H2,1H3,(H,23,24,25). The van der Waals surface area contributed by atoms with Crippen LogP contribution in [0, 0.1) is 0 Å². The number of hydrogen-bond donors (Lipinski definition) is 1. The van der Waals surface area contributed by atoms with Gasteiger partial charge in [-0.2, -0.15) is 0 Å². The third-order valence-corrected chi connectivity index (χ3v) is 8.38. The van der Waals surface area contributed by atoms with Gasteiger partial charge in [-0.3, -0.25) is 4.98 Å². The number of sulfonamides is 1. The van der Waals surface area contributed by atoms with Gasteiger partial charge >= 0.3 is 0 Å². The van der Waals surface area contributed by atoms with E-state index in [1.54, 1.807) is 28.0 Å². The molecule has 0 spiro atoms. The summed E-state index contributed by atoms with van der Waals surface area (Å²) in [6, 6.07) is 3.89. The van der Waals surface area contributed by atoms with Crippen LogP contribution in [0.5, 0.6) is 0 Å². The van der Waals surface area contributed by atoms with E-state index < -0.39 is 10.0 Å². The zero-order valence-electron chi connectivity index (χ0n) is 17.0. The van der Waals surface area contributed by atoms with Crippen molar-refractivity contribution in [1.29, 1.82) is 0 Å². The lowest BCUT2D eigenvalue weighted by atomic mass is 9.96. The van der Waals surface area contributed by atoms with E-state index in [0.29, 0.717) is 18.9 Å². The van der Waals surface area contributed by atoms with Crippen molar-refractivity contribution in [3.63, 3.8) is 0 Å². The van der Waals surface area contributed by atoms with Crippen LogP contribution in [-0.4, -0.2) is 53.1 Å². The molecule has 0 bridgehead atoms. The molecule has 2 aliphatic rings. The van der Waals surface area contributed by atoms with Crippen molar-refractivity contribution >= 4 is 37.4 Å². The fourth-order valence-electron chi connectivity index (χ4n) is 4.44. The molecule has 5 rings (SSSR count). The molecule has 1 fully saturated rings. The molecule has 1 saturated heterocycles. The molecule has 7 nitrogen and oxygen atoms in total. The predicted octanol–water partition coefficient (Wildman–Crippen LogP) is 3.47. The van der Waals surface area contributed by atoms with Crippen LogP contribution in [0.3, 0.4) is 0 Å². The summed E-state index contributed by atoms with van der Waals surface area (Å²) in [4.78, 5) is 16.4. The smallest absolute Gasteiger partial charge is 0.211 e. The first-order valence-electron chi connectivity index (χ1n) is 10.4. The Morgan fingerprint density at radius 1 is 1.20 bits per heavy atom. The molecule has 1 aliphatic carbocycles. The van der Waals surface area contributed by atoms with Gasteiger partial charge in [0.25, 0.3) is 0 Å². The number of nitrogens with zero attached hydrogens (tertiary/aromatic N) is 4. The molecule has 0 aromatic carbocycles. The third kappa shape index (κ3) is 3.81. The summed E-state index contributed by atoms with van der Waals surface area (Å²) < 4.78 is 25.7. The van der Waals surface area contributed by atoms with Gasteiger partial charge in [0.05, 0.1) is 11.6 Å². The van der Waals surface area contributed by atoms with Gasteiger partial charge in [0.15, 0.2) is 5.82 Å². The van der Waals surface area contributed by atoms with Crippen LogP contribution in [0.2, 0.25) is 0 Å². The van der Waals surface area contributed by atoms with Crippen molar-refractivity contribution in [2.75, 3.05) is 24.7 Å². The summed E-state index contributed by atoms with van der Waals surface area (Å²) >= 11 is 1.77. The summed E-state index contributed by atoms with van der Waals surface area (Å²) in [6.07, 6.45) is 11.1. The minimum Gasteiger partial charge on any atom is -0.365 e. The second kappa shape index (κ2) is 7.86. The number of anilines is 1. The quantitative estimate of drug-likeness (QED) is 0.664. The van der Waals surface area contributed by atoms with E-state index in [1.165, 1.54) is 29.5 Å². The van der Waals surface area contributed by atoms with Gasteiger partial charge in [0, 0.05) is 42.0 Å². The number of aromatic nitrogens is 3. The van der Waals surface area contributed by atoms with Crippen LogP contribution in [0.1, 0.15) is 36.1 Å². The van der Waals surface area contributed by atoms with Crippen LogP contribution >= 0.6 is 11.3 Å². The molecule has 9 heteroatoms. The number of rotatable bonds is 4. The number of hydrogen-bond acceptors (Lipinski definition) is 7. The Kier molecular flexibility index (Phi) is 5.20. The van der Waals surface area contributed by atoms with Crippen LogP contribution in [0.4, 0.5) is 5.82 Å². The van der Waals surface area contributed by atoms with E-state index in [9.17, 15) is 8.42 Å². The summed E-state index contributed by atoms with van der Waals surface area (Å²) in [7, 11) is -3.19. The van der Waals surface area contributed by atoms with Gasteiger partial charge in [-0.15, -0.1) is 11.3 Å². The molecule has 0 saturated carbocycles. The molecular formula is C21H25N5O2S2. The van der Waals surface area contributed by atoms with Gasteiger partial charge in [-0.25, -0.2) is 22.7 Å². The summed E-state index contributed by atoms with van der Waals surface area (Å²) in [6.45, 7) is 1.06. The average Bonchev–Trinajstić information content (AvgIpc) is 3.13. The molecule has 30 heavy (non-hydrogen) atoms. The zero-order valence-corrected chi connectivity index (χ0v) is 18.6. The van der Waals surface area contributed by atoms with E-state index in [-0.39, 0.29) is 6.04 Å². The molecule has 1 unspecified atom stereocenters. The van der Waals surface area contributed by atoms with Gasteiger partial charge in [0.2, 0.25) is 10.0 Å². The Bertz CT molecular complexity index is 1180. The highest BCUT2D eigenvalue weighted by atomic mass is 32.2. The normalized spacial score (nSPS) is 20.2. The first-order valence-corrected chi connectivity index (χ1v) is 13.1. The van der Waals surface area contributed by atoms with E-state index in [4.69, 9.17) is 9.97 Å². The fraction of sp³-hybridized carbons (Fsp3) is 0.476. The molecule has 1 atom stereocenters. The Labute approximate surface area is 180 Å². The lowest BCUT2D eigenvalue weighted by Crippen LogP contribution is -2.44. The van der Waals surface area contributed by atoms with Crippen molar-refractivity contribution in [2.45, 2.75) is 44.6 Å². The maximum Gasteiger partial charge on any atom is 0.211 e. The second-order valence-electron chi connectivity index (χ2n) is 8.13. The number of fused-ring (bicyclic) bond motifs is 3. The lowest BCUT2D eigenvalue weighted by molar-refractivity contribution is 0.329. The van der Waals surface area contributed by atoms with Crippen molar-refractivity contribution in [1.82, 2.24) is 19.3 Å². The lowest BCUT2D eigenvalue weighted by Gasteiger charge is -2.32. The monoisotopic (exact) mass is 443 g/mol. The van der Waals surface area contributed by atoms with Gasteiger partial charge < -0.3 is 5.32 Å². The molecule has 158 valence electrons. The van der Waals surface area contributed by atoms with Gasteiger partial charge in [-0.05, 0) is 56.2 Å². The highest BCUT2D eigenvalue weighted by molar-refractivity contribution is 7.88. The molecular weight excluding hydrogens is 418 g/mol. The van der Waals surface area contributed by atoms with Crippen molar-refractivity contribution < 1.29 is 8.42 Å². The molecule has 0 radical (unpaired) electrons. The minimum absolute atomic E-state index is 0.0347. The number of pyridine rings is 1. The molecule has 1 aliphatic heterocycles. The van der Waals surface area contributed by atoms with Gasteiger partial charge in [0.1, 0.15) is 10.6 Å². The van der Waals surface area contributed by atoms with E-state index >= 15 is 0 Å². The van der Waals surface area contributed by atoms with E-state index in [2.05, 4.69) is 10.3 Å². The fourth-order valence-corrected chi connectivity index (χ4v) is 6.61. The first-order chi connectivity index (χ1) is 14.5. The molecule has 1 N–H and O–H groups in total. The predicted molar refractivity (Wildman–Crippen MR) is 120 cm³/mol. The Morgan fingerprint density at radius 3 is 2.87 bits per heavy atom. The maximum atomic E-state index is 12.1. The SMILES string of the molecule is CS(=O)(=O)N1CCCC(Nc2nc(-c3cccnc3)nc3sc4c(c23)CCCC4)C1. The molecule has 3 aromatic rings. The topological polar surface area (TPSA) is 88.1 Å². The van der Waals surface area contributed by atoms with Crippen molar-refractivity contribution in [3.05, 3.63) is 35.0 Å². The van der Waals surface area contributed by atoms with Crippen LogP contribution < -0.4 is 5.32 Å². The van der Waals surface area contributed by atoms with Crippen LogP contribution in [0.15, 0.2) is 24.5 Å². The highest BCUT2D eigenvalue weighted by Crippen LogP contribution is 2.40. The maximum absolute atomic E-state index is 12.1. The Hall–Kier alpha value is -2.10. The minimum atomic E-state index is -3.19. The molecule has 3 aromatic heterocycles. The Balaban J connectivity index is 1.57. The van der Waals surface area contributed by atoms with E-state index in [0.717, 1.165) is 47.3 Å². The summed E-state index contributed by atoms with van der Waals surface area (Å²) in [5.74, 6) is 1.49. The summed E-state index contributed by atoms with van der Waals surface area (Å²) in [5.41, 5.74) is 2.26. The van der Waals surface area contributed by atoms with Crippen LogP contribution in [0.25, 0.3) is 21.6 Å². The number of nitrogens with one attached hydrogen (secondary N) is 1. The van der Waals surface area contributed by atoms with Crippen LogP contribution in [-0.2, 0) is 22.9 Å². The number of aryl methyl sites for hydroxylation is 2. The first kappa shape index (κ1) is 19.8. The van der Waals surface area contributed by atoms with Crippen molar-refractivity contribution in [2.24, 2.45) is 0 Å². The Morgan fingerprint density at radius 2 is 2.07 bits per heavy atom. The van der Waals surface area contributed by atoms with Crippen molar-refractivity contribution in [3.8, 4) is 11.4 Å². The highest BCUT2D eigenvalue weighted by Gasteiger charge is 2.28. The zero-order chi connectivity index (χ0) is 20.7. The molecule has 4 heterocycles. The molecule has 0 amide bonds. The summed E-state index contributed by atoms with van der Waals surface area (Å²) in [5, 5.41) is 4.73. The van der Waals surface area contributed by atoms with E-state index in [1.807, 2.05) is 12.1 Å². The third-order valence-electron chi connectivity index (χ3n) is 5.93. The number of thiophene rings is 1.